The first-order valence-corrected chi connectivity index (χ1v) is 14.9. The quantitative estimate of drug-likeness (QED) is 0.223. The van der Waals surface area contributed by atoms with Crippen LogP contribution in [0.2, 0.25) is 0 Å². The van der Waals surface area contributed by atoms with Gasteiger partial charge in [-0.2, -0.15) is 0 Å². The Kier molecular flexibility index (Phi) is 9.77. The molecule has 0 aromatic heterocycles. The first-order valence-electron chi connectivity index (χ1n) is 14.9. The Morgan fingerprint density at radius 3 is 2.28 bits per heavy atom. The van der Waals surface area contributed by atoms with Crippen molar-refractivity contribution in [2.75, 3.05) is 25.5 Å². The van der Waals surface area contributed by atoms with Gasteiger partial charge in [0.2, 0.25) is 0 Å². The lowest BCUT2D eigenvalue weighted by Gasteiger charge is -2.41. The highest BCUT2D eigenvalue weighted by molar-refractivity contribution is 6.05. The van der Waals surface area contributed by atoms with E-state index in [1.807, 2.05) is 78.9 Å². The Morgan fingerprint density at radius 2 is 1.60 bits per heavy atom. The zero-order valence-corrected chi connectivity index (χ0v) is 25.3. The SMILES string of the molecule is CC(C)N1C[C@H](C)[C@@H](CN(C)Cc2ccc(Oc3ccccc3)cc2)Oc2c(NC(=O)c3ccccc3)cccc2C1O. The molecule has 3 atom stereocenters. The van der Waals surface area contributed by atoms with E-state index in [2.05, 4.69) is 55.1 Å². The lowest BCUT2D eigenvalue weighted by atomic mass is 9.98. The number of fused-ring (bicyclic) bond motifs is 1. The average molecular weight is 580 g/mol. The van der Waals surface area contributed by atoms with Gasteiger partial charge in [-0.3, -0.25) is 14.6 Å². The predicted molar refractivity (Wildman–Crippen MR) is 171 cm³/mol. The van der Waals surface area contributed by atoms with Crippen molar-refractivity contribution in [2.24, 2.45) is 5.92 Å². The number of hydrogen-bond donors (Lipinski definition) is 2. The monoisotopic (exact) mass is 579 g/mol. The molecule has 0 aliphatic carbocycles. The van der Waals surface area contributed by atoms with Gasteiger partial charge in [0.05, 0.1) is 5.69 Å². The summed E-state index contributed by atoms with van der Waals surface area (Å²) >= 11 is 0. The van der Waals surface area contributed by atoms with Gasteiger partial charge >= 0.3 is 0 Å². The van der Waals surface area contributed by atoms with Crippen LogP contribution in [0.25, 0.3) is 0 Å². The summed E-state index contributed by atoms with van der Waals surface area (Å²) in [6.07, 6.45) is -1.05. The summed E-state index contributed by atoms with van der Waals surface area (Å²) in [4.78, 5) is 17.4. The maximum absolute atomic E-state index is 13.1. The van der Waals surface area contributed by atoms with Crippen LogP contribution in [0, 0.1) is 5.92 Å². The Bertz CT molecular complexity index is 1480. The smallest absolute Gasteiger partial charge is 0.255 e. The van der Waals surface area contributed by atoms with E-state index in [0.29, 0.717) is 35.7 Å². The van der Waals surface area contributed by atoms with Crippen LogP contribution in [0.3, 0.4) is 0 Å². The van der Waals surface area contributed by atoms with E-state index in [1.165, 1.54) is 0 Å². The molecule has 1 heterocycles. The summed E-state index contributed by atoms with van der Waals surface area (Å²) in [5.74, 6) is 1.99. The second kappa shape index (κ2) is 13.9. The molecule has 1 aliphatic heterocycles. The summed E-state index contributed by atoms with van der Waals surface area (Å²) in [6, 6.07) is 32.7. The van der Waals surface area contributed by atoms with Crippen molar-refractivity contribution < 1.29 is 19.4 Å². The molecule has 0 saturated carbocycles. The summed E-state index contributed by atoms with van der Waals surface area (Å²) in [7, 11) is 2.09. The maximum atomic E-state index is 13.1. The number of rotatable bonds is 9. The van der Waals surface area contributed by atoms with Gasteiger partial charge < -0.3 is 19.9 Å². The number of likely N-dealkylation sites (N-methyl/N-ethyl adjacent to an activating group) is 1. The Morgan fingerprint density at radius 1 is 0.953 bits per heavy atom. The highest BCUT2D eigenvalue weighted by atomic mass is 16.5. The first kappa shape index (κ1) is 30.3. The van der Waals surface area contributed by atoms with Crippen molar-refractivity contribution in [1.82, 2.24) is 9.80 Å². The number of benzene rings is 4. The fourth-order valence-electron chi connectivity index (χ4n) is 5.45. The number of carbonyl (C=O) groups excluding carboxylic acids is 1. The molecule has 0 bridgehead atoms. The van der Waals surface area contributed by atoms with Crippen molar-refractivity contribution >= 4 is 11.6 Å². The molecular formula is C36H41N3O4. The van der Waals surface area contributed by atoms with Crippen molar-refractivity contribution in [3.63, 3.8) is 0 Å². The number of carbonyl (C=O) groups is 1. The Hall–Kier alpha value is -4.17. The molecule has 43 heavy (non-hydrogen) atoms. The van der Waals surface area contributed by atoms with Gasteiger partial charge in [0.15, 0.2) is 5.75 Å². The normalized spacial score (nSPS) is 18.8. The number of amides is 1. The Labute approximate surface area is 254 Å². The standard InChI is InChI=1S/C36H41N3O4/c1-25(2)39-22-26(3)33(24-38(4)23-27-18-20-30(21-19-27)42-29-14-9-6-10-15-29)43-34-31(36(39)41)16-11-17-32(34)37-35(40)28-12-7-5-8-13-28/h5-21,25-26,33,36,41H,22-24H2,1-4H3,(H,37,40)/t26-,33+,36?/m0/s1. The lowest BCUT2D eigenvalue weighted by Crippen LogP contribution is -2.47. The fraction of sp³-hybridized carbons (Fsp3) is 0.306. The molecule has 5 rings (SSSR count). The predicted octanol–water partition coefficient (Wildman–Crippen LogP) is 6.96. The summed E-state index contributed by atoms with van der Waals surface area (Å²) < 4.78 is 12.7. The molecule has 1 aliphatic rings. The second-order valence-electron chi connectivity index (χ2n) is 11.6. The number of nitrogens with zero attached hydrogens (tertiary/aromatic N) is 2. The van der Waals surface area contributed by atoms with Crippen LogP contribution in [0.4, 0.5) is 5.69 Å². The summed E-state index contributed by atoms with van der Waals surface area (Å²) in [5, 5.41) is 14.5. The van der Waals surface area contributed by atoms with Gasteiger partial charge in [-0.05, 0) is 68.9 Å². The minimum Gasteiger partial charge on any atom is -0.486 e. The zero-order valence-electron chi connectivity index (χ0n) is 25.3. The Balaban J connectivity index is 1.35. The van der Waals surface area contributed by atoms with Gasteiger partial charge in [-0.25, -0.2) is 0 Å². The highest BCUT2D eigenvalue weighted by Crippen LogP contribution is 2.39. The molecule has 0 fully saturated rings. The minimum atomic E-state index is -0.860. The lowest BCUT2D eigenvalue weighted by molar-refractivity contribution is -0.0525. The third-order valence-electron chi connectivity index (χ3n) is 7.83. The highest BCUT2D eigenvalue weighted by Gasteiger charge is 2.34. The van der Waals surface area contributed by atoms with Gasteiger partial charge in [0.1, 0.15) is 23.8 Å². The second-order valence-corrected chi connectivity index (χ2v) is 11.6. The molecule has 0 spiro atoms. The zero-order chi connectivity index (χ0) is 30.3. The van der Waals surface area contributed by atoms with E-state index in [1.54, 1.807) is 12.1 Å². The largest absolute Gasteiger partial charge is 0.486 e. The number of nitrogens with one attached hydrogen (secondary N) is 1. The number of aliphatic hydroxyl groups excluding tert-OH is 1. The molecule has 4 aromatic carbocycles. The third kappa shape index (κ3) is 7.62. The summed E-state index contributed by atoms with van der Waals surface area (Å²) in [5.41, 5.74) is 2.91. The van der Waals surface area contributed by atoms with E-state index in [-0.39, 0.29) is 24.0 Å². The fourth-order valence-corrected chi connectivity index (χ4v) is 5.45. The molecule has 2 N–H and O–H groups in total. The molecule has 224 valence electrons. The molecule has 1 unspecified atom stereocenters. The average Bonchev–Trinajstić information content (AvgIpc) is 3.01. The van der Waals surface area contributed by atoms with E-state index in [9.17, 15) is 9.90 Å². The molecule has 7 heteroatoms. The van der Waals surface area contributed by atoms with Gasteiger partial charge in [0, 0.05) is 42.7 Å². The van der Waals surface area contributed by atoms with Crippen molar-refractivity contribution in [3.8, 4) is 17.2 Å². The van der Waals surface area contributed by atoms with Crippen LogP contribution in [-0.4, -0.2) is 53.1 Å². The van der Waals surface area contributed by atoms with Crippen LogP contribution < -0.4 is 14.8 Å². The molecule has 0 saturated heterocycles. The van der Waals surface area contributed by atoms with Crippen molar-refractivity contribution in [1.29, 1.82) is 0 Å². The number of para-hydroxylation sites is 2. The molecule has 0 radical (unpaired) electrons. The van der Waals surface area contributed by atoms with Crippen LogP contribution >= 0.6 is 0 Å². The van der Waals surface area contributed by atoms with E-state index >= 15 is 0 Å². The van der Waals surface area contributed by atoms with E-state index in [4.69, 9.17) is 9.47 Å². The number of ether oxygens (including phenoxy) is 2. The molecule has 4 aromatic rings. The van der Waals surface area contributed by atoms with Crippen LogP contribution in [0.5, 0.6) is 17.2 Å². The van der Waals surface area contributed by atoms with Crippen molar-refractivity contribution in [2.45, 2.75) is 45.7 Å². The van der Waals surface area contributed by atoms with E-state index in [0.717, 1.165) is 23.6 Å². The van der Waals surface area contributed by atoms with Crippen LogP contribution in [-0.2, 0) is 6.54 Å². The first-order chi connectivity index (χ1) is 20.8. The van der Waals surface area contributed by atoms with Gasteiger partial charge in [0.25, 0.3) is 5.91 Å². The molecular weight excluding hydrogens is 538 g/mol. The summed E-state index contributed by atoms with van der Waals surface area (Å²) in [6.45, 7) is 8.39. The minimum absolute atomic E-state index is 0.104. The van der Waals surface area contributed by atoms with Crippen molar-refractivity contribution in [3.05, 3.63) is 120 Å². The molecule has 7 nitrogen and oxygen atoms in total. The van der Waals surface area contributed by atoms with Crippen LogP contribution in [0.15, 0.2) is 103 Å². The number of hydrogen-bond acceptors (Lipinski definition) is 6. The van der Waals surface area contributed by atoms with Crippen LogP contribution in [0.1, 0.15) is 48.5 Å². The third-order valence-corrected chi connectivity index (χ3v) is 7.83. The van der Waals surface area contributed by atoms with Gasteiger partial charge in [-0.15, -0.1) is 0 Å². The molecule has 1 amide bonds. The number of aliphatic hydroxyl groups is 1. The van der Waals surface area contributed by atoms with Gasteiger partial charge in [-0.1, -0.05) is 67.6 Å². The topological polar surface area (TPSA) is 74.3 Å². The van der Waals surface area contributed by atoms with E-state index < -0.39 is 6.23 Å². The number of anilines is 1. The maximum Gasteiger partial charge on any atom is 0.255 e.